The molecule has 1 aromatic carbocycles. The van der Waals surface area contributed by atoms with Gasteiger partial charge in [0.25, 0.3) is 0 Å². The Labute approximate surface area is 296 Å². The summed E-state index contributed by atoms with van der Waals surface area (Å²) >= 11 is 0.939. The summed E-state index contributed by atoms with van der Waals surface area (Å²) in [5, 5.41) is 10.9. The quantitative estimate of drug-likeness (QED) is 0.276. The van der Waals surface area contributed by atoms with Crippen molar-refractivity contribution < 1.29 is 27.4 Å². The fourth-order valence-corrected chi connectivity index (χ4v) is 10.6. The van der Waals surface area contributed by atoms with Gasteiger partial charge >= 0.3 is 6.01 Å². The number of nitrogen functional groups attached to an aromatic ring is 1. The van der Waals surface area contributed by atoms with Crippen molar-refractivity contribution in [3.63, 3.8) is 0 Å². The molecular formula is C36H37F3N8O3S. The molecule has 2 bridgehead atoms. The molecule has 5 saturated heterocycles. The first-order valence-corrected chi connectivity index (χ1v) is 18.7. The maximum atomic E-state index is 17.5. The van der Waals surface area contributed by atoms with E-state index in [2.05, 4.69) is 25.8 Å². The molecule has 4 aromatic rings. The second kappa shape index (κ2) is 11.9. The van der Waals surface area contributed by atoms with Crippen LogP contribution < -0.4 is 15.4 Å². The lowest BCUT2D eigenvalue weighted by molar-refractivity contribution is -0.0687. The van der Waals surface area contributed by atoms with Crippen molar-refractivity contribution in [3.05, 3.63) is 34.5 Å². The van der Waals surface area contributed by atoms with Crippen molar-refractivity contribution in [2.45, 2.75) is 81.6 Å². The Morgan fingerprint density at radius 2 is 1.90 bits per heavy atom. The van der Waals surface area contributed by atoms with Crippen LogP contribution in [0.25, 0.3) is 32.2 Å². The first-order chi connectivity index (χ1) is 24.8. The summed E-state index contributed by atoms with van der Waals surface area (Å²) in [7, 11) is 0. The minimum absolute atomic E-state index is 0.0316. The standard InChI is InChI=1S/C36H37F3N8O3S/c37-18-8-36(5-1-6-46(36)11-18)17-50-35-43-31-28(34(44-35)47-19-2-3-20(47)13-45(12-19)14-21-4-7-49-21)24-16-48-15-23(24)26(29(31)39)30-27-22(9-40)33(41)51-32(27)25(38)10-42-30/h10,18-21H,1-8,11-17,41H2/t18-,19?,20?,21+,36+/m1/s1. The number of alkyl halides is 1. The highest BCUT2D eigenvalue weighted by molar-refractivity contribution is 7.23. The number of hydrogen-bond acceptors (Lipinski definition) is 12. The smallest absolute Gasteiger partial charge is 0.319 e. The summed E-state index contributed by atoms with van der Waals surface area (Å²) in [4.78, 5) is 21.2. The average Bonchev–Trinajstić information content (AvgIpc) is 3.90. The van der Waals surface area contributed by atoms with Crippen LogP contribution in [-0.2, 0) is 22.7 Å². The van der Waals surface area contributed by atoms with Crippen LogP contribution in [0.4, 0.5) is 24.0 Å². The summed E-state index contributed by atoms with van der Waals surface area (Å²) in [6, 6.07) is 2.40. The number of benzene rings is 1. The Bertz CT molecular complexity index is 2130. The van der Waals surface area contributed by atoms with Gasteiger partial charge < -0.3 is 24.8 Å². The van der Waals surface area contributed by atoms with Crippen molar-refractivity contribution in [1.29, 1.82) is 5.26 Å². The largest absolute Gasteiger partial charge is 0.461 e. The van der Waals surface area contributed by atoms with Crippen LogP contribution in [0.15, 0.2) is 6.20 Å². The van der Waals surface area contributed by atoms with E-state index in [1.807, 2.05) is 0 Å². The van der Waals surface area contributed by atoms with E-state index in [-0.39, 0.29) is 81.4 Å². The molecule has 6 aliphatic rings. The number of nitrogens with zero attached hydrogens (tertiary/aromatic N) is 7. The van der Waals surface area contributed by atoms with Crippen molar-refractivity contribution in [1.82, 2.24) is 24.8 Å². The molecule has 15 heteroatoms. The monoisotopic (exact) mass is 718 g/mol. The molecule has 51 heavy (non-hydrogen) atoms. The van der Waals surface area contributed by atoms with Gasteiger partial charge in [-0.3, -0.25) is 14.8 Å². The molecule has 0 saturated carbocycles. The molecule has 266 valence electrons. The molecular weight excluding hydrogens is 682 g/mol. The molecule has 2 N–H and O–H groups in total. The Morgan fingerprint density at radius 1 is 1.10 bits per heavy atom. The zero-order valence-corrected chi connectivity index (χ0v) is 28.8. The van der Waals surface area contributed by atoms with Gasteiger partial charge in [0.1, 0.15) is 35.2 Å². The lowest BCUT2D eigenvalue weighted by Gasteiger charge is -2.44. The number of ether oxygens (including phenoxy) is 3. The molecule has 9 heterocycles. The third-order valence-corrected chi connectivity index (χ3v) is 13.1. The third-order valence-electron chi connectivity index (χ3n) is 12.1. The number of nitriles is 1. The molecule has 3 aromatic heterocycles. The van der Waals surface area contributed by atoms with Gasteiger partial charge in [0.05, 0.1) is 52.4 Å². The number of aromatic nitrogens is 3. The maximum Gasteiger partial charge on any atom is 0.319 e. The SMILES string of the molecule is N#Cc1c(N)sc2c(F)cnc(-c3c4c(c5c(N6C7CCC6CN(C[C@@H]6CCO6)C7)nc(OC[C@@]67CCCN6C[C@H](F)C7)nc5c3F)COC4)c12. The van der Waals surface area contributed by atoms with Crippen LogP contribution in [0.1, 0.15) is 55.2 Å². The number of thiophene rings is 1. The van der Waals surface area contributed by atoms with Crippen LogP contribution in [0, 0.1) is 23.0 Å². The lowest BCUT2D eigenvalue weighted by Crippen LogP contribution is -2.56. The van der Waals surface area contributed by atoms with E-state index in [0.29, 0.717) is 29.7 Å². The average molecular weight is 719 g/mol. The van der Waals surface area contributed by atoms with E-state index in [9.17, 15) is 9.65 Å². The summed E-state index contributed by atoms with van der Waals surface area (Å²) in [5.74, 6) is -0.697. The van der Waals surface area contributed by atoms with E-state index < -0.39 is 23.3 Å². The molecule has 6 aliphatic heterocycles. The minimum atomic E-state index is -0.925. The Balaban J connectivity index is 1.14. The highest BCUT2D eigenvalue weighted by atomic mass is 32.1. The van der Waals surface area contributed by atoms with Gasteiger partial charge in [-0.25, -0.2) is 13.2 Å². The van der Waals surface area contributed by atoms with Gasteiger partial charge in [0, 0.05) is 62.2 Å². The van der Waals surface area contributed by atoms with E-state index in [4.69, 9.17) is 29.9 Å². The predicted octanol–water partition coefficient (Wildman–Crippen LogP) is 5.07. The fraction of sp³-hybridized carbons (Fsp3) is 0.556. The number of hydrogen-bond donors (Lipinski definition) is 1. The van der Waals surface area contributed by atoms with Gasteiger partial charge in [-0.05, 0) is 49.8 Å². The highest BCUT2D eigenvalue weighted by Gasteiger charge is 2.50. The Hall–Kier alpha value is -3.81. The van der Waals surface area contributed by atoms with Crippen LogP contribution in [0.2, 0.25) is 0 Å². The summed E-state index contributed by atoms with van der Waals surface area (Å²) in [6.45, 7) is 5.07. The number of nitrogens with two attached hydrogens (primary N) is 1. The number of piperazine rings is 1. The zero-order chi connectivity index (χ0) is 34.6. The van der Waals surface area contributed by atoms with E-state index in [1.165, 1.54) is 0 Å². The van der Waals surface area contributed by atoms with Crippen LogP contribution in [-0.4, -0.2) is 101 Å². The number of anilines is 2. The first kappa shape index (κ1) is 31.9. The zero-order valence-electron chi connectivity index (χ0n) is 28.0. The van der Waals surface area contributed by atoms with E-state index in [0.717, 1.165) is 88.0 Å². The number of pyridine rings is 1. The van der Waals surface area contributed by atoms with Crippen LogP contribution in [0.5, 0.6) is 6.01 Å². The number of halogens is 3. The molecule has 0 spiro atoms. The third kappa shape index (κ3) is 4.86. The number of fused-ring (bicyclic) bond motifs is 7. The first-order valence-electron chi connectivity index (χ1n) is 17.9. The van der Waals surface area contributed by atoms with Gasteiger partial charge in [-0.1, -0.05) is 0 Å². The molecule has 5 fully saturated rings. The normalized spacial score (nSPS) is 28.8. The highest BCUT2D eigenvalue weighted by Crippen LogP contribution is 2.48. The van der Waals surface area contributed by atoms with Gasteiger partial charge in [-0.15, -0.1) is 11.3 Å². The maximum absolute atomic E-state index is 17.5. The molecule has 5 atom stereocenters. The van der Waals surface area contributed by atoms with Crippen molar-refractivity contribution in [2.24, 2.45) is 0 Å². The van der Waals surface area contributed by atoms with Crippen molar-refractivity contribution in [2.75, 3.05) is 56.6 Å². The predicted molar refractivity (Wildman–Crippen MR) is 184 cm³/mol. The molecule has 0 aliphatic carbocycles. The molecule has 0 amide bonds. The second-order valence-corrected chi connectivity index (χ2v) is 16.0. The lowest BCUT2D eigenvalue weighted by atomic mass is 9.93. The fourth-order valence-electron chi connectivity index (χ4n) is 9.73. The van der Waals surface area contributed by atoms with Crippen LogP contribution >= 0.6 is 11.3 Å². The van der Waals surface area contributed by atoms with E-state index >= 15 is 8.78 Å². The molecule has 0 radical (unpaired) electrons. The topological polar surface area (TPSA) is 126 Å². The molecule has 11 nitrogen and oxygen atoms in total. The second-order valence-electron chi connectivity index (χ2n) is 15.0. The van der Waals surface area contributed by atoms with Gasteiger partial charge in [-0.2, -0.15) is 15.2 Å². The van der Waals surface area contributed by atoms with Gasteiger partial charge in [0.15, 0.2) is 11.6 Å². The number of likely N-dealkylation sites (tertiary alicyclic amines) is 1. The van der Waals surface area contributed by atoms with Gasteiger partial charge in [0.2, 0.25) is 0 Å². The van der Waals surface area contributed by atoms with E-state index in [1.54, 1.807) is 0 Å². The Morgan fingerprint density at radius 3 is 2.67 bits per heavy atom. The summed E-state index contributed by atoms with van der Waals surface area (Å²) < 4.78 is 65.6. The van der Waals surface area contributed by atoms with Crippen molar-refractivity contribution >= 4 is 43.1 Å². The van der Waals surface area contributed by atoms with Crippen molar-refractivity contribution in [3.8, 4) is 23.3 Å². The number of rotatable bonds is 7. The van der Waals surface area contributed by atoms with Crippen LogP contribution in [0.3, 0.4) is 0 Å². The minimum Gasteiger partial charge on any atom is -0.461 e. The summed E-state index contributed by atoms with van der Waals surface area (Å²) in [6.07, 6.45) is 5.55. The Kier molecular flexibility index (Phi) is 7.41. The molecule has 2 unspecified atom stereocenters. The molecule has 10 rings (SSSR count). The summed E-state index contributed by atoms with van der Waals surface area (Å²) in [5.41, 5.74) is 7.35.